The van der Waals surface area contributed by atoms with Gasteiger partial charge in [0.2, 0.25) is 0 Å². The van der Waals surface area contributed by atoms with Crippen LogP contribution >= 0.6 is 0 Å². The molecule has 0 bridgehead atoms. The molecule has 1 rings (SSSR count). The van der Waals surface area contributed by atoms with Crippen LogP contribution < -0.4 is 0 Å². The molecule has 0 aliphatic heterocycles. The zero-order valence-electron chi connectivity index (χ0n) is 10.7. The van der Waals surface area contributed by atoms with Crippen LogP contribution in [0, 0.1) is 10.1 Å². The van der Waals surface area contributed by atoms with Crippen molar-refractivity contribution < 1.29 is 14.5 Å². The minimum atomic E-state index is -0.505. The third-order valence-electron chi connectivity index (χ3n) is 2.63. The molecule has 100 valence electrons. The van der Waals surface area contributed by atoms with Gasteiger partial charge in [0.05, 0.1) is 4.92 Å². The van der Waals surface area contributed by atoms with Gasteiger partial charge in [-0.2, -0.15) is 0 Å². The molecule has 1 aromatic carbocycles. The molecular weight excluding hydrogens is 246 g/mol. The summed E-state index contributed by atoms with van der Waals surface area (Å²) in [6.07, 6.45) is 4.26. The number of hydrogen-bond donors (Lipinski definition) is 0. The van der Waals surface area contributed by atoms with Crippen LogP contribution in [0.3, 0.4) is 0 Å². The molecule has 0 radical (unpaired) electrons. The lowest BCUT2D eigenvalue weighted by Gasteiger charge is -2.00. The molecule has 5 nitrogen and oxygen atoms in total. The molecule has 0 N–H and O–H groups in total. The Bertz CT molecular complexity index is 503. The summed E-state index contributed by atoms with van der Waals surface area (Å²) in [6.45, 7) is 1.83. The minimum Gasteiger partial charge on any atom is -0.303 e. The molecule has 0 aromatic heterocycles. The number of aldehydes is 1. The predicted octanol–water partition coefficient (Wildman–Crippen LogP) is 3.09. The van der Waals surface area contributed by atoms with Crippen molar-refractivity contribution in [3.8, 4) is 0 Å². The van der Waals surface area contributed by atoms with E-state index in [2.05, 4.69) is 0 Å². The quantitative estimate of drug-likeness (QED) is 0.189. The fraction of sp³-hybridized carbons (Fsp3) is 0.286. The Morgan fingerprint density at radius 3 is 2.47 bits per heavy atom. The summed E-state index contributed by atoms with van der Waals surface area (Å²) >= 11 is 0. The number of allylic oxidation sites excluding steroid dienone is 2. The van der Waals surface area contributed by atoms with Crippen molar-refractivity contribution in [1.29, 1.82) is 0 Å². The third kappa shape index (κ3) is 4.83. The second kappa shape index (κ2) is 7.20. The summed E-state index contributed by atoms with van der Waals surface area (Å²) in [6, 6.07) is 5.50. The van der Waals surface area contributed by atoms with Crippen molar-refractivity contribution in [1.82, 2.24) is 0 Å². The fourth-order valence-corrected chi connectivity index (χ4v) is 1.59. The highest BCUT2D eigenvalue weighted by Crippen LogP contribution is 2.14. The number of nitro benzene ring substituents is 1. The second-order valence-electron chi connectivity index (χ2n) is 4.22. The SMILES string of the molecule is C/C(=C\C(=O)c1ccc([N+](=O)[O-])cc1)CCCC=O. The molecule has 0 aliphatic rings. The van der Waals surface area contributed by atoms with Gasteiger partial charge in [0.25, 0.3) is 5.69 Å². The topological polar surface area (TPSA) is 77.3 Å². The van der Waals surface area contributed by atoms with Crippen LogP contribution in [-0.2, 0) is 4.79 Å². The summed E-state index contributed by atoms with van der Waals surface area (Å²) in [5.41, 5.74) is 1.27. The zero-order chi connectivity index (χ0) is 14.3. The smallest absolute Gasteiger partial charge is 0.269 e. The average Bonchev–Trinajstić information content (AvgIpc) is 2.39. The van der Waals surface area contributed by atoms with E-state index in [1.54, 1.807) is 0 Å². The number of benzene rings is 1. The molecule has 0 fully saturated rings. The normalized spacial score (nSPS) is 11.1. The molecule has 0 spiro atoms. The van der Waals surface area contributed by atoms with Crippen LogP contribution in [0.4, 0.5) is 5.69 Å². The highest BCUT2D eigenvalue weighted by atomic mass is 16.6. The Morgan fingerprint density at radius 1 is 1.32 bits per heavy atom. The summed E-state index contributed by atoms with van der Waals surface area (Å²) in [5.74, 6) is -0.182. The first kappa shape index (κ1) is 14.8. The maximum Gasteiger partial charge on any atom is 0.269 e. The van der Waals surface area contributed by atoms with Gasteiger partial charge in [0, 0.05) is 24.1 Å². The van der Waals surface area contributed by atoms with Crippen molar-refractivity contribution in [2.45, 2.75) is 26.2 Å². The summed E-state index contributed by atoms with van der Waals surface area (Å²) in [5, 5.41) is 10.5. The maximum absolute atomic E-state index is 11.9. The van der Waals surface area contributed by atoms with E-state index in [1.165, 1.54) is 30.3 Å². The Hall–Kier alpha value is -2.30. The van der Waals surface area contributed by atoms with Gasteiger partial charge in [-0.15, -0.1) is 0 Å². The molecular formula is C14H15NO4. The van der Waals surface area contributed by atoms with Gasteiger partial charge in [0.15, 0.2) is 5.78 Å². The Balaban J connectivity index is 2.69. The Labute approximate surface area is 111 Å². The number of unbranched alkanes of at least 4 members (excludes halogenated alkanes) is 1. The van der Waals surface area contributed by atoms with Gasteiger partial charge in [-0.1, -0.05) is 5.57 Å². The van der Waals surface area contributed by atoms with E-state index in [-0.39, 0.29) is 11.5 Å². The van der Waals surface area contributed by atoms with Crippen molar-refractivity contribution in [2.24, 2.45) is 0 Å². The molecule has 0 aliphatic carbocycles. The van der Waals surface area contributed by atoms with Gasteiger partial charge in [-0.25, -0.2) is 0 Å². The van der Waals surface area contributed by atoms with E-state index in [0.29, 0.717) is 18.4 Å². The number of carbonyl (C=O) groups excluding carboxylic acids is 2. The van der Waals surface area contributed by atoms with Gasteiger partial charge >= 0.3 is 0 Å². The monoisotopic (exact) mass is 261 g/mol. The molecule has 0 atom stereocenters. The van der Waals surface area contributed by atoms with Crippen LogP contribution in [0.5, 0.6) is 0 Å². The number of non-ortho nitro benzene ring substituents is 1. The highest BCUT2D eigenvalue weighted by molar-refractivity contribution is 6.04. The Morgan fingerprint density at radius 2 is 1.95 bits per heavy atom. The van der Waals surface area contributed by atoms with Crippen molar-refractivity contribution >= 4 is 17.8 Å². The third-order valence-corrected chi connectivity index (χ3v) is 2.63. The van der Waals surface area contributed by atoms with E-state index < -0.39 is 4.92 Å². The molecule has 0 heterocycles. The summed E-state index contributed by atoms with van der Waals surface area (Å²) in [4.78, 5) is 32.0. The first-order chi connectivity index (χ1) is 9.04. The van der Waals surface area contributed by atoms with E-state index in [9.17, 15) is 19.7 Å². The van der Waals surface area contributed by atoms with Crippen LogP contribution in [0.2, 0.25) is 0 Å². The highest BCUT2D eigenvalue weighted by Gasteiger charge is 2.07. The number of carbonyl (C=O) groups is 2. The maximum atomic E-state index is 11.9. The number of hydrogen-bond acceptors (Lipinski definition) is 4. The molecule has 0 unspecified atom stereocenters. The fourth-order valence-electron chi connectivity index (χ4n) is 1.59. The number of ketones is 1. The molecule has 19 heavy (non-hydrogen) atoms. The second-order valence-corrected chi connectivity index (χ2v) is 4.22. The Kier molecular flexibility index (Phi) is 5.60. The number of nitrogens with zero attached hydrogens (tertiary/aromatic N) is 1. The van der Waals surface area contributed by atoms with Gasteiger partial charge in [0.1, 0.15) is 6.29 Å². The number of nitro groups is 1. The van der Waals surface area contributed by atoms with Gasteiger partial charge < -0.3 is 4.79 Å². The van der Waals surface area contributed by atoms with Crippen LogP contribution in [-0.4, -0.2) is 17.0 Å². The first-order valence-corrected chi connectivity index (χ1v) is 5.94. The van der Waals surface area contributed by atoms with Crippen LogP contribution in [0.25, 0.3) is 0 Å². The van der Waals surface area contributed by atoms with Crippen molar-refractivity contribution in [2.75, 3.05) is 0 Å². The number of rotatable bonds is 7. The first-order valence-electron chi connectivity index (χ1n) is 5.94. The standard InChI is InChI=1S/C14H15NO4/c1-11(4-2-3-9-16)10-14(17)12-5-7-13(8-6-12)15(18)19/h5-10H,2-4H2,1H3/b11-10+. The van der Waals surface area contributed by atoms with Crippen LogP contribution in [0.1, 0.15) is 36.5 Å². The lowest BCUT2D eigenvalue weighted by atomic mass is 10.0. The lowest BCUT2D eigenvalue weighted by Crippen LogP contribution is -1.97. The van der Waals surface area contributed by atoms with Crippen molar-refractivity contribution in [3.63, 3.8) is 0 Å². The van der Waals surface area contributed by atoms with E-state index >= 15 is 0 Å². The van der Waals surface area contributed by atoms with E-state index in [1.807, 2.05) is 6.92 Å². The predicted molar refractivity (Wildman–Crippen MR) is 71.1 cm³/mol. The van der Waals surface area contributed by atoms with Gasteiger partial charge in [-0.05, 0) is 38.0 Å². The van der Waals surface area contributed by atoms with E-state index in [0.717, 1.165) is 18.3 Å². The van der Waals surface area contributed by atoms with Gasteiger partial charge in [-0.3, -0.25) is 14.9 Å². The summed E-state index contributed by atoms with van der Waals surface area (Å²) in [7, 11) is 0. The lowest BCUT2D eigenvalue weighted by molar-refractivity contribution is -0.384. The largest absolute Gasteiger partial charge is 0.303 e. The zero-order valence-corrected chi connectivity index (χ0v) is 10.7. The molecule has 0 saturated carbocycles. The van der Waals surface area contributed by atoms with E-state index in [4.69, 9.17) is 0 Å². The summed E-state index contributed by atoms with van der Waals surface area (Å²) < 4.78 is 0. The molecule has 0 saturated heterocycles. The average molecular weight is 261 g/mol. The molecule has 0 amide bonds. The van der Waals surface area contributed by atoms with Crippen LogP contribution in [0.15, 0.2) is 35.9 Å². The minimum absolute atomic E-state index is 0.0387. The molecule has 5 heteroatoms. The molecule has 1 aromatic rings. The van der Waals surface area contributed by atoms with Crippen molar-refractivity contribution in [3.05, 3.63) is 51.6 Å².